The van der Waals surface area contributed by atoms with Crippen LogP contribution in [0.15, 0.2) is 48.5 Å². The molecule has 0 N–H and O–H groups in total. The lowest BCUT2D eigenvalue weighted by Gasteiger charge is -2.35. The Bertz CT molecular complexity index is 958. The van der Waals surface area contributed by atoms with E-state index in [4.69, 9.17) is 9.47 Å². The average Bonchev–Trinajstić information content (AvgIpc) is 3.63. The quantitative estimate of drug-likeness (QED) is 0.534. The van der Waals surface area contributed by atoms with Crippen LogP contribution in [0.25, 0.3) is 0 Å². The number of amides is 2. The van der Waals surface area contributed by atoms with E-state index in [1.165, 1.54) is 11.1 Å². The molecule has 0 spiro atoms. The molecule has 36 heavy (non-hydrogen) atoms. The zero-order chi connectivity index (χ0) is 25.1. The van der Waals surface area contributed by atoms with Gasteiger partial charge in [0.25, 0.3) is 0 Å². The van der Waals surface area contributed by atoms with Crippen molar-refractivity contribution >= 4 is 11.8 Å². The molecule has 2 atom stereocenters. The smallest absolute Gasteiger partial charge is 0.226 e. The van der Waals surface area contributed by atoms with Crippen molar-refractivity contribution in [3.63, 3.8) is 0 Å². The van der Waals surface area contributed by atoms with Gasteiger partial charge in [0.05, 0.1) is 26.3 Å². The van der Waals surface area contributed by atoms with Crippen molar-refractivity contribution in [1.29, 1.82) is 0 Å². The van der Waals surface area contributed by atoms with Gasteiger partial charge in [-0.2, -0.15) is 0 Å². The highest BCUT2D eigenvalue weighted by molar-refractivity contribution is 5.82. The Kier molecular flexibility index (Phi) is 7.49. The summed E-state index contributed by atoms with van der Waals surface area (Å²) in [7, 11) is 3.34. The summed E-state index contributed by atoms with van der Waals surface area (Å²) in [6.07, 6.45) is 7.33. The lowest BCUT2D eigenvalue weighted by Crippen LogP contribution is -2.41. The van der Waals surface area contributed by atoms with Crippen LogP contribution in [0.5, 0.6) is 11.5 Å². The first-order valence-electron chi connectivity index (χ1n) is 13.5. The summed E-state index contributed by atoms with van der Waals surface area (Å²) in [6, 6.07) is 16.5. The van der Waals surface area contributed by atoms with Gasteiger partial charge in [-0.15, -0.1) is 0 Å². The molecule has 2 aliphatic heterocycles. The van der Waals surface area contributed by atoms with Crippen molar-refractivity contribution in [1.82, 2.24) is 9.80 Å². The van der Waals surface area contributed by atoms with Gasteiger partial charge < -0.3 is 19.3 Å². The molecule has 0 unspecified atom stereocenters. The summed E-state index contributed by atoms with van der Waals surface area (Å²) in [4.78, 5) is 31.2. The van der Waals surface area contributed by atoms with Crippen molar-refractivity contribution in [2.75, 3.05) is 27.3 Å². The molecule has 192 valence electrons. The highest BCUT2D eigenvalue weighted by Crippen LogP contribution is 2.40. The fraction of sp³-hybridized carbons (Fsp3) is 0.533. The van der Waals surface area contributed by atoms with Crippen LogP contribution in [0, 0.1) is 11.8 Å². The maximum atomic E-state index is 13.5. The molecule has 2 saturated heterocycles. The summed E-state index contributed by atoms with van der Waals surface area (Å²) in [6.45, 7) is 1.65. The van der Waals surface area contributed by atoms with Crippen LogP contribution in [-0.4, -0.2) is 48.9 Å². The molecule has 3 aliphatic rings. The number of hydrogen-bond donors (Lipinski definition) is 0. The minimum atomic E-state index is 0.0314. The van der Waals surface area contributed by atoms with E-state index in [1.54, 1.807) is 14.2 Å². The van der Waals surface area contributed by atoms with Gasteiger partial charge in [0.15, 0.2) is 0 Å². The first kappa shape index (κ1) is 24.7. The summed E-state index contributed by atoms with van der Waals surface area (Å²) < 4.78 is 10.6. The van der Waals surface area contributed by atoms with Crippen LogP contribution in [-0.2, 0) is 9.59 Å². The van der Waals surface area contributed by atoms with Gasteiger partial charge in [-0.25, -0.2) is 0 Å². The van der Waals surface area contributed by atoms with Gasteiger partial charge in [-0.3, -0.25) is 9.59 Å². The molecular weight excluding hydrogens is 452 g/mol. The molecule has 0 bridgehead atoms. The molecular formula is C30H38N2O4. The Morgan fingerprint density at radius 1 is 0.611 bits per heavy atom. The molecule has 1 saturated carbocycles. The van der Waals surface area contributed by atoms with Gasteiger partial charge in [0.1, 0.15) is 11.5 Å². The first-order valence-corrected chi connectivity index (χ1v) is 13.5. The molecule has 6 nitrogen and oxygen atoms in total. The maximum Gasteiger partial charge on any atom is 0.226 e. The molecule has 0 radical (unpaired) electrons. The topological polar surface area (TPSA) is 59.1 Å². The maximum absolute atomic E-state index is 13.5. The fourth-order valence-electron chi connectivity index (χ4n) is 6.46. The molecule has 6 heteroatoms. The number of carbonyl (C=O) groups excluding carboxylic acids is 2. The Morgan fingerprint density at radius 3 is 1.31 bits per heavy atom. The first-order chi connectivity index (χ1) is 17.6. The Hall–Kier alpha value is -3.02. The molecule has 5 rings (SSSR count). The predicted octanol–water partition coefficient (Wildman–Crippen LogP) is 5.54. The minimum Gasteiger partial charge on any atom is -0.497 e. The van der Waals surface area contributed by atoms with Crippen LogP contribution in [0.2, 0.25) is 0 Å². The summed E-state index contributed by atoms with van der Waals surface area (Å²) in [5.74, 6) is 2.29. The lowest BCUT2D eigenvalue weighted by molar-refractivity contribution is -0.142. The predicted molar refractivity (Wildman–Crippen MR) is 139 cm³/mol. The Balaban J connectivity index is 1.18. The monoisotopic (exact) mass is 490 g/mol. The second-order valence-corrected chi connectivity index (χ2v) is 10.5. The molecule has 2 aromatic rings. The van der Waals surface area contributed by atoms with E-state index < -0.39 is 0 Å². The van der Waals surface area contributed by atoms with Gasteiger partial charge in [-0.1, -0.05) is 24.3 Å². The number of hydrogen-bond acceptors (Lipinski definition) is 4. The van der Waals surface area contributed by atoms with E-state index in [-0.39, 0.29) is 35.7 Å². The van der Waals surface area contributed by atoms with Crippen LogP contribution in [0.4, 0.5) is 0 Å². The van der Waals surface area contributed by atoms with E-state index in [0.29, 0.717) is 0 Å². The molecule has 1 aliphatic carbocycles. The lowest BCUT2D eigenvalue weighted by atomic mass is 9.80. The van der Waals surface area contributed by atoms with Gasteiger partial charge >= 0.3 is 0 Å². The third-order valence-corrected chi connectivity index (χ3v) is 8.50. The number of ether oxygens (including phenoxy) is 2. The van der Waals surface area contributed by atoms with Gasteiger partial charge in [0.2, 0.25) is 11.8 Å². The number of nitrogens with zero attached hydrogens (tertiary/aromatic N) is 2. The van der Waals surface area contributed by atoms with Gasteiger partial charge in [-0.05, 0) is 86.8 Å². The van der Waals surface area contributed by atoms with Crippen LogP contribution >= 0.6 is 0 Å². The van der Waals surface area contributed by atoms with Crippen LogP contribution in [0.3, 0.4) is 0 Å². The Morgan fingerprint density at radius 2 is 0.972 bits per heavy atom. The number of rotatable bonds is 6. The number of benzene rings is 2. The highest BCUT2D eigenvalue weighted by Gasteiger charge is 2.39. The molecule has 3 fully saturated rings. The van der Waals surface area contributed by atoms with E-state index in [1.807, 2.05) is 24.3 Å². The SMILES string of the molecule is COc1ccc([C@H]2CCCN2C(=O)C2CCC(C(=O)N3CCC[C@H]3c3ccc(OC)cc3)CC2)cc1. The third-order valence-electron chi connectivity index (χ3n) is 8.50. The molecule has 2 aromatic carbocycles. The van der Waals surface area contributed by atoms with E-state index in [9.17, 15) is 9.59 Å². The zero-order valence-electron chi connectivity index (χ0n) is 21.5. The average molecular weight is 491 g/mol. The van der Waals surface area contributed by atoms with Gasteiger partial charge in [0, 0.05) is 24.9 Å². The van der Waals surface area contributed by atoms with E-state index in [2.05, 4.69) is 34.1 Å². The largest absolute Gasteiger partial charge is 0.497 e. The number of carbonyl (C=O) groups is 2. The molecule has 2 heterocycles. The fourth-order valence-corrected chi connectivity index (χ4v) is 6.46. The summed E-state index contributed by atoms with van der Waals surface area (Å²) >= 11 is 0. The van der Waals surface area contributed by atoms with Crippen molar-refractivity contribution < 1.29 is 19.1 Å². The second-order valence-electron chi connectivity index (χ2n) is 10.5. The minimum absolute atomic E-state index is 0.0314. The van der Waals surface area contributed by atoms with E-state index >= 15 is 0 Å². The third kappa shape index (κ3) is 4.95. The van der Waals surface area contributed by atoms with Crippen molar-refractivity contribution in [3.8, 4) is 11.5 Å². The summed E-state index contributed by atoms with van der Waals surface area (Å²) in [5, 5.41) is 0. The standard InChI is InChI=1S/C30H38N2O4/c1-35-25-15-11-21(12-16-25)27-5-3-19-31(27)29(33)23-7-9-24(10-8-23)30(34)32-20-4-6-28(32)22-13-17-26(36-2)18-14-22/h11-18,23-24,27-28H,3-10,19-20H2,1-2H3/t23?,24?,27-,28+. The second kappa shape index (κ2) is 10.9. The van der Waals surface area contributed by atoms with Crippen LogP contribution < -0.4 is 9.47 Å². The highest BCUT2D eigenvalue weighted by atomic mass is 16.5. The van der Waals surface area contributed by atoms with Crippen molar-refractivity contribution in [3.05, 3.63) is 59.7 Å². The number of likely N-dealkylation sites (tertiary alicyclic amines) is 2. The van der Waals surface area contributed by atoms with Crippen molar-refractivity contribution in [2.45, 2.75) is 63.5 Å². The van der Waals surface area contributed by atoms with Crippen LogP contribution in [0.1, 0.15) is 74.6 Å². The normalized spacial score (nSPS) is 26.2. The van der Waals surface area contributed by atoms with Crippen molar-refractivity contribution in [2.24, 2.45) is 11.8 Å². The zero-order valence-corrected chi connectivity index (χ0v) is 21.5. The molecule has 2 amide bonds. The number of methoxy groups -OCH3 is 2. The summed E-state index contributed by atoms with van der Waals surface area (Å²) in [5.41, 5.74) is 2.37. The Labute approximate surface area is 214 Å². The van der Waals surface area contributed by atoms with E-state index in [0.717, 1.165) is 76.0 Å². The molecule has 0 aromatic heterocycles.